The number of aryl methyl sites for hydroxylation is 1. The monoisotopic (exact) mass is 776 g/mol. The molecule has 0 aliphatic carbocycles. The lowest BCUT2D eigenvalue weighted by Gasteiger charge is -2.38. The van der Waals surface area contributed by atoms with E-state index in [1.807, 2.05) is 100 Å². The Labute approximate surface area is 331 Å². The van der Waals surface area contributed by atoms with Crippen molar-refractivity contribution in [2.24, 2.45) is 0 Å². The summed E-state index contributed by atoms with van der Waals surface area (Å²) in [6.07, 6.45) is 3.24. The molecular weight excluding hydrogens is 717 g/mol. The number of piperidine rings is 1. The quantitative estimate of drug-likeness (QED) is 0.134. The standard InChI is InChI=1S/C42H60N6O6S/c1-31-30-36(55-38(31)39(50)45(6)26-27-46(7)41(53)54-42(2,3)4)43-23-15-9-12-20-37(49)44(5)28-29-47-24-21-33(22-25-47)48(40(51)52)35-19-14-13-18-34(35)32-16-10-8-11-17-32/h8,10-11,13-14,16-19,30,33,43H,9,12,15,20-29H2,1-7H3,(H,51,52). The second-order valence-corrected chi connectivity index (χ2v) is 16.5. The molecule has 4 amide bonds. The molecule has 0 bridgehead atoms. The molecule has 1 aromatic heterocycles. The van der Waals surface area contributed by atoms with Crippen LogP contribution in [0.15, 0.2) is 60.7 Å². The lowest BCUT2D eigenvalue weighted by molar-refractivity contribution is -0.130. The Balaban J connectivity index is 1.11. The first kappa shape index (κ1) is 43.1. The van der Waals surface area contributed by atoms with E-state index in [9.17, 15) is 24.3 Å². The van der Waals surface area contributed by atoms with Crippen LogP contribution >= 0.6 is 11.3 Å². The van der Waals surface area contributed by atoms with Crippen molar-refractivity contribution in [2.75, 3.05) is 77.2 Å². The average Bonchev–Trinajstić information content (AvgIpc) is 3.53. The Kier molecular flexibility index (Phi) is 15.9. The SMILES string of the molecule is Cc1cc(NCCCCCC(=O)N(C)CCN2CCC(N(C(=O)O)c3ccccc3-c3ccccc3)CC2)sc1C(=O)N(C)CCN(C)C(=O)OC(C)(C)C. The average molecular weight is 777 g/mol. The molecule has 0 saturated carbocycles. The number of anilines is 2. The van der Waals surface area contributed by atoms with Crippen LogP contribution in [0.1, 0.15) is 74.5 Å². The highest BCUT2D eigenvalue weighted by atomic mass is 32.1. The number of ether oxygens (including phenoxy) is 1. The first-order valence-electron chi connectivity index (χ1n) is 19.3. The molecule has 55 heavy (non-hydrogen) atoms. The molecule has 2 aromatic carbocycles. The Morgan fingerprint density at radius 2 is 1.53 bits per heavy atom. The van der Waals surface area contributed by atoms with Gasteiger partial charge >= 0.3 is 12.2 Å². The minimum Gasteiger partial charge on any atom is -0.465 e. The van der Waals surface area contributed by atoms with Crippen molar-refractivity contribution < 1.29 is 29.0 Å². The van der Waals surface area contributed by atoms with Crippen molar-refractivity contribution in [2.45, 2.75) is 77.9 Å². The Morgan fingerprint density at radius 3 is 2.20 bits per heavy atom. The van der Waals surface area contributed by atoms with Crippen molar-refractivity contribution in [1.29, 1.82) is 0 Å². The van der Waals surface area contributed by atoms with Crippen LogP contribution in [0, 0.1) is 6.92 Å². The molecule has 1 aliphatic rings. The van der Waals surface area contributed by atoms with Crippen LogP contribution < -0.4 is 10.2 Å². The van der Waals surface area contributed by atoms with Gasteiger partial charge in [0.25, 0.3) is 5.91 Å². The maximum atomic E-state index is 13.1. The molecule has 0 spiro atoms. The van der Waals surface area contributed by atoms with Gasteiger partial charge in [0.05, 0.1) is 15.6 Å². The number of carbonyl (C=O) groups is 4. The molecule has 4 rings (SSSR count). The highest BCUT2D eigenvalue weighted by molar-refractivity contribution is 7.18. The van der Waals surface area contributed by atoms with Crippen molar-refractivity contribution in [3.63, 3.8) is 0 Å². The zero-order valence-electron chi connectivity index (χ0n) is 33.7. The van der Waals surface area contributed by atoms with Gasteiger partial charge in [0.2, 0.25) is 5.91 Å². The molecule has 13 heteroatoms. The summed E-state index contributed by atoms with van der Waals surface area (Å²) in [5.41, 5.74) is 2.95. The molecule has 12 nitrogen and oxygen atoms in total. The maximum Gasteiger partial charge on any atom is 0.412 e. The highest BCUT2D eigenvalue weighted by Gasteiger charge is 2.31. The van der Waals surface area contributed by atoms with Crippen LogP contribution in [-0.4, -0.2) is 127 Å². The van der Waals surface area contributed by atoms with E-state index in [4.69, 9.17) is 4.74 Å². The third kappa shape index (κ3) is 13.0. The fourth-order valence-electron chi connectivity index (χ4n) is 6.59. The van der Waals surface area contributed by atoms with Crippen molar-refractivity contribution in [3.05, 3.63) is 71.1 Å². The first-order chi connectivity index (χ1) is 26.1. The molecule has 300 valence electrons. The number of para-hydroxylation sites is 1. The number of carbonyl (C=O) groups excluding carboxylic acids is 3. The Hall–Kier alpha value is -4.62. The molecule has 1 aliphatic heterocycles. The summed E-state index contributed by atoms with van der Waals surface area (Å²) in [5, 5.41) is 14.6. The lowest BCUT2D eigenvalue weighted by Crippen LogP contribution is -2.48. The fraction of sp³-hybridized carbons (Fsp3) is 0.524. The molecule has 1 saturated heterocycles. The predicted molar refractivity (Wildman–Crippen MR) is 221 cm³/mol. The number of likely N-dealkylation sites (N-methyl/N-ethyl adjacent to an activating group) is 3. The van der Waals surface area contributed by atoms with Crippen LogP contribution in [0.2, 0.25) is 0 Å². The minimum atomic E-state index is -0.937. The smallest absolute Gasteiger partial charge is 0.412 e. The third-order valence-corrected chi connectivity index (χ3v) is 11.0. The van der Waals surface area contributed by atoms with Crippen molar-refractivity contribution in [1.82, 2.24) is 19.6 Å². The summed E-state index contributed by atoms with van der Waals surface area (Å²) in [6, 6.07) is 19.5. The van der Waals surface area contributed by atoms with Gasteiger partial charge in [0.1, 0.15) is 5.60 Å². The van der Waals surface area contributed by atoms with Gasteiger partial charge in [0, 0.05) is 85.0 Å². The lowest BCUT2D eigenvalue weighted by atomic mass is 9.98. The van der Waals surface area contributed by atoms with Crippen LogP contribution in [-0.2, 0) is 9.53 Å². The zero-order chi connectivity index (χ0) is 40.1. The number of thiophene rings is 1. The maximum absolute atomic E-state index is 13.1. The molecular formula is C42H60N6O6S. The summed E-state index contributed by atoms with van der Waals surface area (Å²) >= 11 is 1.43. The zero-order valence-corrected chi connectivity index (χ0v) is 34.5. The number of nitrogens with zero attached hydrogens (tertiary/aromatic N) is 5. The second-order valence-electron chi connectivity index (χ2n) is 15.4. The van der Waals surface area contributed by atoms with Gasteiger partial charge in [-0.2, -0.15) is 0 Å². The highest BCUT2D eigenvalue weighted by Crippen LogP contribution is 2.34. The number of likely N-dealkylation sites (tertiary alicyclic amines) is 1. The second kappa shape index (κ2) is 20.3. The van der Waals surface area contributed by atoms with Gasteiger partial charge in [-0.3, -0.25) is 14.5 Å². The number of benzene rings is 2. The number of rotatable bonds is 17. The minimum absolute atomic E-state index is 0.0780. The summed E-state index contributed by atoms with van der Waals surface area (Å²) in [6.45, 7) is 11.9. The van der Waals surface area contributed by atoms with E-state index in [-0.39, 0.29) is 17.9 Å². The third-order valence-electron chi connectivity index (χ3n) is 9.86. The molecule has 2 heterocycles. The predicted octanol–water partition coefficient (Wildman–Crippen LogP) is 7.74. The normalized spacial score (nSPS) is 13.6. The number of amides is 4. The van der Waals surface area contributed by atoms with Crippen LogP contribution in [0.4, 0.5) is 20.3 Å². The van der Waals surface area contributed by atoms with Crippen LogP contribution in [0.3, 0.4) is 0 Å². The molecule has 3 aromatic rings. The largest absolute Gasteiger partial charge is 0.465 e. The number of hydrogen-bond donors (Lipinski definition) is 2. The van der Waals surface area contributed by atoms with E-state index in [0.29, 0.717) is 36.6 Å². The van der Waals surface area contributed by atoms with Crippen LogP contribution in [0.25, 0.3) is 11.1 Å². The van der Waals surface area contributed by atoms with Gasteiger partial charge in [0.15, 0.2) is 0 Å². The number of nitrogens with one attached hydrogen (secondary N) is 1. The number of carboxylic acid groups (broad SMARTS) is 1. The summed E-state index contributed by atoms with van der Waals surface area (Å²) in [7, 11) is 5.26. The van der Waals surface area contributed by atoms with Gasteiger partial charge in [-0.15, -0.1) is 11.3 Å². The van der Waals surface area contributed by atoms with E-state index in [0.717, 1.165) is 80.0 Å². The number of hydrogen-bond acceptors (Lipinski definition) is 8. The van der Waals surface area contributed by atoms with E-state index in [1.165, 1.54) is 16.2 Å². The van der Waals surface area contributed by atoms with Gasteiger partial charge in [-0.1, -0.05) is 55.0 Å². The van der Waals surface area contributed by atoms with E-state index in [1.54, 1.807) is 23.9 Å². The van der Waals surface area contributed by atoms with Gasteiger partial charge in [-0.05, 0) is 76.6 Å². The number of unbranched alkanes of at least 4 members (excludes halogenated alkanes) is 2. The van der Waals surface area contributed by atoms with E-state index >= 15 is 0 Å². The van der Waals surface area contributed by atoms with Crippen molar-refractivity contribution in [3.8, 4) is 11.1 Å². The Morgan fingerprint density at radius 1 is 0.873 bits per heavy atom. The summed E-state index contributed by atoms with van der Waals surface area (Å²) in [5.74, 6) is 0.0571. The Bertz CT molecular complexity index is 1720. The van der Waals surface area contributed by atoms with E-state index in [2.05, 4.69) is 10.2 Å². The fourth-order valence-corrected chi connectivity index (χ4v) is 7.68. The molecule has 0 radical (unpaired) electrons. The van der Waals surface area contributed by atoms with Crippen molar-refractivity contribution >= 4 is 46.0 Å². The molecule has 2 N–H and O–H groups in total. The molecule has 0 unspecified atom stereocenters. The first-order valence-corrected chi connectivity index (χ1v) is 20.1. The summed E-state index contributed by atoms with van der Waals surface area (Å²) < 4.78 is 5.39. The van der Waals surface area contributed by atoms with Crippen LogP contribution in [0.5, 0.6) is 0 Å². The van der Waals surface area contributed by atoms with E-state index < -0.39 is 17.8 Å². The van der Waals surface area contributed by atoms with Gasteiger partial charge in [-0.25, -0.2) is 9.59 Å². The molecule has 1 fully saturated rings. The topological polar surface area (TPSA) is 126 Å². The molecule has 0 atom stereocenters. The summed E-state index contributed by atoms with van der Waals surface area (Å²) in [4.78, 5) is 60.3. The van der Waals surface area contributed by atoms with Gasteiger partial charge < -0.3 is 34.8 Å².